The van der Waals surface area contributed by atoms with Gasteiger partial charge in [-0.15, -0.1) is 0 Å². The van der Waals surface area contributed by atoms with Gasteiger partial charge in [-0.1, -0.05) is 24.4 Å². The number of aromatic nitrogens is 3. The molecule has 1 fully saturated rings. The van der Waals surface area contributed by atoms with Crippen LogP contribution < -0.4 is 10.5 Å². The van der Waals surface area contributed by atoms with Crippen LogP contribution in [-0.2, 0) is 4.74 Å². The first kappa shape index (κ1) is 22.2. The second-order valence-corrected chi connectivity index (χ2v) is 9.29. The highest BCUT2D eigenvalue weighted by Crippen LogP contribution is 2.34. The monoisotopic (exact) mass is 458 g/mol. The Kier molecular flexibility index (Phi) is 5.90. The highest BCUT2D eigenvalue weighted by molar-refractivity contribution is 6.35. The molecule has 1 saturated carbocycles. The first-order valence-corrected chi connectivity index (χ1v) is 10.8. The normalized spacial score (nSPS) is 13.9. The van der Waals surface area contributed by atoms with Gasteiger partial charge in [-0.05, 0) is 57.4 Å². The number of halogens is 2. The fourth-order valence-electron chi connectivity index (χ4n) is 3.41. The molecule has 2 aromatic heterocycles. The molecule has 4 rings (SSSR count). The van der Waals surface area contributed by atoms with Gasteiger partial charge in [0, 0.05) is 12.7 Å². The highest BCUT2D eigenvalue weighted by Gasteiger charge is 2.31. The van der Waals surface area contributed by atoms with Gasteiger partial charge in [-0.25, -0.2) is 23.6 Å². The smallest absolute Gasteiger partial charge is 0.417 e. The standard InChI is InChI=1S/C23H24ClFN4O3/c1-23(2,3)32-22(31)28(12-10-14-6-7-14)21-27-19-17(25)9-8-16(24)18(19)20(30)29(21)15-5-4-11-26-13-15/h4-5,8-9,11,13-14H,6-7,10,12H2,1-3H3. The van der Waals surface area contributed by atoms with Crippen LogP contribution in [0.25, 0.3) is 16.6 Å². The Bertz CT molecular complexity index is 1220. The maximum atomic E-state index is 14.7. The second-order valence-electron chi connectivity index (χ2n) is 8.88. The molecule has 1 aromatic carbocycles. The van der Waals surface area contributed by atoms with E-state index in [0.717, 1.165) is 25.3 Å². The van der Waals surface area contributed by atoms with Crippen LogP contribution in [0.3, 0.4) is 0 Å². The number of hydrogen-bond acceptors (Lipinski definition) is 5. The van der Waals surface area contributed by atoms with E-state index >= 15 is 0 Å². The maximum Gasteiger partial charge on any atom is 0.417 e. The molecular weight excluding hydrogens is 435 g/mol. The maximum absolute atomic E-state index is 14.7. The summed E-state index contributed by atoms with van der Waals surface area (Å²) in [6.07, 6.45) is 5.27. The summed E-state index contributed by atoms with van der Waals surface area (Å²) < 4.78 is 21.5. The minimum absolute atomic E-state index is 0.0356. The Morgan fingerprint density at radius 2 is 2.06 bits per heavy atom. The summed E-state index contributed by atoms with van der Waals surface area (Å²) in [5.74, 6) is -0.232. The van der Waals surface area contributed by atoms with Gasteiger partial charge in [0.2, 0.25) is 5.95 Å². The highest BCUT2D eigenvalue weighted by atomic mass is 35.5. The number of carbonyl (C=O) groups excluding carboxylic acids is 1. The molecule has 0 saturated heterocycles. The summed E-state index contributed by atoms with van der Waals surface area (Å²) in [4.78, 5) is 36.5. The molecule has 1 aliphatic carbocycles. The van der Waals surface area contributed by atoms with Gasteiger partial charge in [0.1, 0.15) is 16.9 Å². The fraction of sp³-hybridized carbons (Fsp3) is 0.391. The Balaban J connectivity index is 1.97. The van der Waals surface area contributed by atoms with Gasteiger partial charge >= 0.3 is 6.09 Å². The number of ether oxygens (including phenoxy) is 1. The van der Waals surface area contributed by atoms with Gasteiger partial charge < -0.3 is 4.74 Å². The first-order chi connectivity index (χ1) is 15.2. The number of rotatable bonds is 5. The Labute approximate surface area is 189 Å². The summed E-state index contributed by atoms with van der Waals surface area (Å²) in [6, 6.07) is 5.78. The molecule has 32 heavy (non-hydrogen) atoms. The molecule has 0 bridgehead atoms. The third-order valence-electron chi connectivity index (χ3n) is 5.12. The van der Waals surface area contributed by atoms with Crippen molar-refractivity contribution in [1.82, 2.24) is 14.5 Å². The molecule has 0 spiro atoms. The number of nitrogens with zero attached hydrogens (tertiary/aromatic N) is 4. The minimum atomic E-state index is -0.764. The quantitative estimate of drug-likeness (QED) is 0.530. The van der Waals surface area contributed by atoms with Crippen LogP contribution in [0.15, 0.2) is 41.5 Å². The largest absolute Gasteiger partial charge is 0.443 e. The fourth-order valence-corrected chi connectivity index (χ4v) is 3.65. The average Bonchev–Trinajstić information content (AvgIpc) is 3.54. The molecule has 1 amide bonds. The van der Waals surface area contributed by atoms with Gasteiger partial charge in [-0.3, -0.25) is 9.78 Å². The lowest BCUT2D eigenvalue weighted by Crippen LogP contribution is -2.41. The number of anilines is 1. The third kappa shape index (κ3) is 4.60. The van der Waals surface area contributed by atoms with Crippen LogP contribution in [0.1, 0.15) is 40.0 Å². The summed E-state index contributed by atoms with van der Waals surface area (Å²) >= 11 is 6.25. The van der Waals surface area contributed by atoms with E-state index in [1.807, 2.05) is 0 Å². The molecule has 168 valence electrons. The summed E-state index contributed by atoms with van der Waals surface area (Å²) in [5.41, 5.74) is -1.18. The molecule has 0 unspecified atom stereocenters. The van der Waals surface area contributed by atoms with E-state index < -0.39 is 23.1 Å². The van der Waals surface area contributed by atoms with E-state index in [1.54, 1.807) is 39.1 Å². The third-order valence-corrected chi connectivity index (χ3v) is 5.44. The Hall–Kier alpha value is -3.00. The van der Waals surface area contributed by atoms with Crippen molar-refractivity contribution in [2.24, 2.45) is 5.92 Å². The average molecular weight is 459 g/mol. The Morgan fingerprint density at radius 3 is 2.69 bits per heavy atom. The molecular formula is C23H24ClFN4O3. The summed E-state index contributed by atoms with van der Waals surface area (Å²) in [5, 5.41) is 0.00971. The lowest BCUT2D eigenvalue weighted by atomic mass is 10.2. The van der Waals surface area contributed by atoms with Crippen molar-refractivity contribution in [2.75, 3.05) is 11.4 Å². The molecule has 1 aliphatic rings. The van der Waals surface area contributed by atoms with Crippen molar-refractivity contribution in [2.45, 2.75) is 45.6 Å². The zero-order chi connectivity index (χ0) is 23.0. The number of carbonyl (C=O) groups is 1. The predicted octanol–water partition coefficient (Wildman–Crippen LogP) is 5.11. The van der Waals surface area contributed by atoms with Crippen molar-refractivity contribution in [3.05, 3.63) is 57.9 Å². The van der Waals surface area contributed by atoms with E-state index in [9.17, 15) is 14.0 Å². The SMILES string of the molecule is CC(C)(C)OC(=O)N(CCC1CC1)c1nc2c(F)ccc(Cl)c2c(=O)n1-c1cccnc1. The topological polar surface area (TPSA) is 77.3 Å². The van der Waals surface area contributed by atoms with Crippen molar-refractivity contribution >= 4 is 34.5 Å². The van der Waals surface area contributed by atoms with Crippen molar-refractivity contribution in [3.63, 3.8) is 0 Å². The van der Waals surface area contributed by atoms with E-state index in [4.69, 9.17) is 16.3 Å². The molecule has 2 heterocycles. The number of fused-ring (bicyclic) bond motifs is 1. The molecule has 7 nitrogen and oxygen atoms in total. The minimum Gasteiger partial charge on any atom is -0.443 e. The van der Waals surface area contributed by atoms with Gasteiger partial charge in [0.05, 0.1) is 22.3 Å². The molecule has 0 atom stereocenters. The van der Waals surface area contributed by atoms with E-state index in [0.29, 0.717) is 11.6 Å². The van der Waals surface area contributed by atoms with Crippen molar-refractivity contribution in [3.8, 4) is 5.69 Å². The van der Waals surface area contributed by atoms with Gasteiger partial charge in [0.25, 0.3) is 5.56 Å². The van der Waals surface area contributed by atoms with Gasteiger partial charge in [0.15, 0.2) is 0 Å². The van der Waals surface area contributed by atoms with Crippen molar-refractivity contribution in [1.29, 1.82) is 0 Å². The van der Waals surface area contributed by atoms with E-state index in [2.05, 4.69) is 9.97 Å². The number of benzene rings is 1. The zero-order valence-corrected chi connectivity index (χ0v) is 18.9. The molecule has 9 heteroatoms. The van der Waals surface area contributed by atoms with E-state index in [1.165, 1.54) is 21.7 Å². The van der Waals surface area contributed by atoms with Crippen LogP contribution in [0.2, 0.25) is 5.02 Å². The Morgan fingerprint density at radius 1 is 1.31 bits per heavy atom. The number of hydrogen-bond donors (Lipinski definition) is 0. The van der Waals surface area contributed by atoms with Crippen LogP contribution in [0.5, 0.6) is 0 Å². The second kappa shape index (κ2) is 8.50. The first-order valence-electron chi connectivity index (χ1n) is 10.5. The van der Waals surface area contributed by atoms with Crippen LogP contribution in [-0.4, -0.2) is 32.8 Å². The predicted molar refractivity (Wildman–Crippen MR) is 121 cm³/mol. The molecule has 0 N–H and O–H groups in total. The molecule has 0 aliphatic heterocycles. The van der Waals surface area contributed by atoms with Gasteiger partial charge in [-0.2, -0.15) is 0 Å². The lowest BCUT2D eigenvalue weighted by Gasteiger charge is -2.28. The number of pyridine rings is 1. The van der Waals surface area contributed by atoms with Crippen LogP contribution in [0, 0.1) is 11.7 Å². The summed E-state index contributed by atoms with van der Waals surface area (Å²) in [7, 11) is 0. The van der Waals surface area contributed by atoms with Crippen LogP contribution >= 0.6 is 11.6 Å². The van der Waals surface area contributed by atoms with Crippen LogP contribution in [0.4, 0.5) is 15.1 Å². The van der Waals surface area contributed by atoms with E-state index in [-0.39, 0.29) is 28.4 Å². The zero-order valence-electron chi connectivity index (χ0n) is 18.1. The molecule has 3 aromatic rings. The van der Waals surface area contributed by atoms with Crippen molar-refractivity contribution < 1.29 is 13.9 Å². The summed E-state index contributed by atoms with van der Waals surface area (Å²) in [6.45, 7) is 5.54. The molecule has 0 radical (unpaired) electrons. The number of amides is 1. The lowest BCUT2D eigenvalue weighted by molar-refractivity contribution is 0.0576.